The van der Waals surface area contributed by atoms with Gasteiger partial charge in [-0.15, -0.1) is 0 Å². The fourth-order valence-electron chi connectivity index (χ4n) is 2.28. The van der Waals surface area contributed by atoms with Crippen molar-refractivity contribution in [3.05, 3.63) is 17.0 Å². The van der Waals surface area contributed by atoms with Gasteiger partial charge in [-0.1, -0.05) is 6.92 Å². The molecule has 0 bridgehead atoms. The minimum Gasteiger partial charge on any atom is -0.379 e. The Morgan fingerprint density at radius 3 is 2.62 bits per heavy atom. The summed E-state index contributed by atoms with van der Waals surface area (Å²) in [5, 5.41) is 4.61. The highest BCUT2D eigenvalue weighted by Gasteiger charge is 2.16. The number of rotatable bonds is 3. The Bertz CT molecular complexity index is 353. The van der Waals surface area contributed by atoms with E-state index < -0.39 is 0 Å². The smallest absolute Gasteiger partial charge is 0.0799 e. The number of hydrogen-bond acceptors (Lipinski definition) is 3. The van der Waals surface area contributed by atoms with Gasteiger partial charge in [-0.3, -0.25) is 9.58 Å². The van der Waals surface area contributed by atoms with Gasteiger partial charge in [0.1, 0.15) is 0 Å². The maximum Gasteiger partial charge on any atom is 0.0799 e. The van der Waals surface area contributed by atoms with Crippen molar-refractivity contribution in [2.75, 3.05) is 26.3 Å². The van der Waals surface area contributed by atoms with Crippen LogP contribution in [0.25, 0.3) is 0 Å². The van der Waals surface area contributed by atoms with Crippen molar-refractivity contribution >= 4 is 0 Å². The highest BCUT2D eigenvalue weighted by molar-refractivity contribution is 5.25. The van der Waals surface area contributed by atoms with Crippen molar-refractivity contribution < 1.29 is 4.74 Å². The zero-order chi connectivity index (χ0) is 11.5. The Hall–Kier alpha value is -0.870. The summed E-state index contributed by atoms with van der Waals surface area (Å²) < 4.78 is 7.35. The standard InChI is InChI=1S/C12H21N3O/c1-4-11-10(2)14(3)13-12(11)9-15-5-7-16-8-6-15/h4-9H2,1-3H3. The first-order valence-electron chi connectivity index (χ1n) is 6.03. The molecule has 2 heterocycles. The van der Waals surface area contributed by atoms with Gasteiger partial charge in [-0.25, -0.2) is 0 Å². The maximum atomic E-state index is 5.36. The van der Waals surface area contributed by atoms with Crippen molar-refractivity contribution in [1.29, 1.82) is 0 Å². The molecule has 0 saturated carbocycles. The van der Waals surface area contributed by atoms with Crippen LogP contribution < -0.4 is 0 Å². The van der Waals surface area contributed by atoms with E-state index in [-0.39, 0.29) is 0 Å². The minimum absolute atomic E-state index is 0.854. The minimum atomic E-state index is 0.854. The van der Waals surface area contributed by atoms with Gasteiger partial charge in [-0.2, -0.15) is 5.10 Å². The molecule has 90 valence electrons. The van der Waals surface area contributed by atoms with Crippen molar-refractivity contribution in [3.63, 3.8) is 0 Å². The Kier molecular flexibility index (Phi) is 3.61. The quantitative estimate of drug-likeness (QED) is 0.769. The number of morpholine rings is 1. The van der Waals surface area contributed by atoms with Crippen LogP contribution in [-0.4, -0.2) is 41.0 Å². The van der Waals surface area contributed by atoms with E-state index in [0.717, 1.165) is 39.3 Å². The predicted octanol–water partition coefficient (Wildman–Crippen LogP) is 1.12. The van der Waals surface area contributed by atoms with Crippen molar-refractivity contribution in [2.24, 2.45) is 7.05 Å². The summed E-state index contributed by atoms with van der Waals surface area (Å²) in [7, 11) is 2.03. The van der Waals surface area contributed by atoms with Gasteiger partial charge in [0.05, 0.1) is 18.9 Å². The lowest BCUT2D eigenvalue weighted by atomic mass is 10.1. The lowest BCUT2D eigenvalue weighted by molar-refractivity contribution is 0.0335. The fraction of sp³-hybridized carbons (Fsp3) is 0.750. The van der Waals surface area contributed by atoms with E-state index in [1.165, 1.54) is 17.0 Å². The highest BCUT2D eigenvalue weighted by Crippen LogP contribution is 2.16. The number of aryl methyl sites for hydroxylation is 1. The number of nitrogens with zero attached hydrogens (tertiary/aromatic N) is 3. The molecule has 0 spiro atoms. The molecule has 1 aromatic rings. The van der Waals surface area contributed by atoms with E-state index in [1.807, 2.05) is 11.7 Å². The van der Waals surface area contributed by atoms with Crippen LogP contribution in [0, 0.1) is 6.92 Å². The molecule has 0 radical (unpaired) electrons. The zero-order valence-corrected chi connectivity index (χ0v) is 10.5. The van der Waals surface area contributed by atoms with Crippen LogP contribution >= 0.6 is 0 Å². The van der Waals surface area contributed by atoms with E-state index in [9.17, 15) is 0 Å². The summed E-state index contributed by atoms with van der Waals surface area (Å²) in [4.78, 5) is 2.42. The Morgan fingerprint density at radius 2 is 2.00 bits per heavy atom. The molecule has 0 aromatic carbocycles. The van der Waals surface area contributed by atoms with Crippen LogP contribution in [0.3, 0.4) is 0 Å². The Balaban J connectivity index is 2.10. The average molecular weight is 223 g/mol. The summed E-state index contributed by atoms with van der Waals surface area (Å²) in [6.07, 6.45) is 1.07. The van der Waals surface area contributed by atoms with Gasteiger partial charge < -0.3 is 4.74 Å². The topological polar surface area (TPSA) is 30.3 Å². The van der Waals surface area contributed by atoms with Crippen LogP contribution in [0.15, 0.2) is 0 Å². The molecule has 1 aromatic heterocycles. The SMILES string of the molecule is CCc1c(CN2CCOCC2)nn(C)c1C. The molecule has 1 aliphatic rings. The van der Waals surface area contributed by atoms with E-state index in [1.54, 1.807) is 0 Å². The second-order valence-electron chi connectivity index (χ2n) is 4.38. The van der Waals surface area contributed by atoms with Gasteiger partial charge in [-0.05, 0) is 18.9 Å². The molecule has 0 unspecified atom stereocenters. The first-order valence-corrected chi connectivity index (χ1v) is 6.03. The van der Waals surface area contributed by atoms with Crippen LogP contribution in [0.5, 0.6) is 0 Å². The predicted molar refractivity (Wildman–Crippen MR) is 63.4 cm³/mol. The second-order valence-corrected chi connectivity index (χ2v) is 4.38. The molecule has 0 atom stereocenters. The monoisotopic (exact) mass is 223 g/mol. The normalized spacial score (nSPS) is 17.9. The largest absolute Gasteiger partial charge is 0.379 e. The van der Waals surface area contributed by atoms with E-state index in [4.69, 9.17) is 4.74 Å². The van der Waals surface area contributed by atoms with Gasteiger partial charge in [0.25, 0.3) is 0 Å². The lowest BCUT2D eigenvalue weighted by Gasteiger charge is -2.26. The number of aromatic nitrogens is 2. The molecule has 0 aliphatic carbocycles. The molecule has 1 fully saturated rings. The Labute approximate surface area is 97.2 Å². The van der Waals surface area contributed by atoms with E-state index in [2.05, 4.69) is 23.8 Å². The second kappa shape index (κ2) is 4.97. The molecular formula is C12H21N3O. The molecule has 1 aliphatic heterocycles. The Morgan fingerprint density at radius 1 is 1.31 bits per heavy atom. The highest BCUT2D eigenvalue weighted by atomic mass is 16.5. The van der Waals surface area contributed by atoms with Gasteiger partial charge in [0.2, 0.25) is 0 Å². The van der Waals surface area contributed by atoms with Crippen molar-refractivity contribution in [2.45, 2.75) is 26.8 Å². The van der Waals surface area contributed by atoms with Gasteiger partial charge in [0.15, 0.2) is 0 Å². The van der Waals surface area contributed by atoms with E-state index >= 15 is 0 Å². The van der Waals surface area contributed by atoms with Crippen LogP contribution in [0.4, 0.5) is 0 Å². The average Bonchev–Trinajstić information content (AvgIpc) is 2.56. The van der Waals surface area contributed by atoms with Gasteiger partial charge >= 0.3 is 0 Å². The molecular weight excluding hydrogens is 202 g/mol. The zero-order valence-electron chi connectivity index (χ0n) is 10.5. The van der Waals surface area contributed by atoms with Crippen molar-refractivity contribution in [3.8, 4) is 0 Å². The van der Waals surface area contributed by atoms with Gasteiger partial charge in [0, 0.05) is 32.4 Å². The fourth-order valence-corrected chi connectivity index (χ4v) is 2.28. The first kappa shape index (κ1) is 11.6. The lowest BCUT2D eigenvalue weighted by Crippen LogP contribution is -2.36. The molecule has 0 N–H and O–H groups in total. The third kappa shape index (κ3) is 2.28. The molecule has 0 amide bonds. The van der Waals surface area contributed by atoms with Crippen LogP contribution in [-0.2, 0) is 24.8 Å². The summed E-state index contributed by atoms with van der Waals surface area (Å²) in [6.45, 7) is 9.08. The molecule has 4 nitrogen and oxygen atoms in total. The third-order valence-electron chi connectivity index (χ3n) is 3.37. The molecule has 2 rings (SSSR count). The molecule has 16 heavy (non-hydrogen) atoms. The molecule has 4 heteroatoms. The summed E-state index contributed by atoms with van der Waals surface area (Å²) in [5.41, 5.74) is 3.95. The first-order chi connectivity index (χ1) is 7.72. The van der Waals surface area contributed by atoms with Crippen LogP contribution in [0.2, 0.25) is 0 Å². The summed E-state index contributed by atoms with van der Waals surface area (Å²) >= 11 is 0. The van der Waals surface area contributed by atoms with Crippen molar-refractivity contribution in [1.82, 2.24) is 14.7 Å². The maximum absolute atomic E-state index is 5.36. The van der Waals surface area contributed by atoms with E-state index in [0.29, 0.717) is 0 Å². The number of hydrogen-bond donors (Lipinski definition) is 0. The number of ether oxygens (including phenoxy) is 1. The molecule has 1 saturated heterocycles. The van der Waals surface area contributed by atoms with Crippen LogP contribution in [0.1, 0.15) is 23.9 Å². The summed E-state index contributed by atoms with van der Waals surface area (Å²) in [6, 6.07) is 0. The summed E-state index contributed by atoms with van der Waals surface area (Å²) in [5.74, 6) is 0. The third-order valence-corrected chi connectivity index (χ3v) is 3.37.